The highest BCUT2D eigenvalue weighted by Crippen LogP contribution is 2.43. The summed E-state index contributed by atoms with van der Waals surface area (Å²) in [6.45, 7) is 3.02. The van der Waals surface area contributed by atoms with Crippen LogP contribution in [0.2, 0.25) is 0 Å². The van der Waals surface area contributed by atoms with Crippen LogP contribution in [0.3, 0.4) is 0 Å². The number of methoxy groups -OCH3 is 2. The highest BCUT2D eigenvalue weighted by molar-refractivity contribution is 5.37. The molecule has 0 spiro atoms. The van der Waals surface area contributed by atoms with E-state index in [9.17, 15) is 4.39 Å². The molecule has 0 aliphatic heterocycles. The van der Waals surface area contributed by atoms with Crippen molar-refractivity contribution in [3.05, 3.63) is 29.6 Å². The van der Waals surface area contributed by atoms with Crippen LogP contribution in [0.15, 0.2) is 18.2 Å². The highest BCUT2D eigenvalue weighted by Gasteiger charge is 2.39. The van der Waals surface area contributed by atoms with Crippen LogP contribution in [0, 0.1) is 5.82 Å². The molecule has 0 aromatic heterocycles. The molecule has 21 heavy (non-hydrogen) atoms. The smallest absolute Gasteiger partial charge is 0.123 e. The SMILES string of the molecule is CCCNC(CC1(OC)CCC1)c1cc(F)ccc1OC. The van der Waals surface area contributed by atoms with Gasteiger partial charge in [-0.1, -0.05) is 6.92 Å². The molecule has 0 bridgehead atoms. The minimum Gasteiger partial charge on any atom is -0.496 e. The highest BCUT2D eigenvalue weighted by atomic mass is 19.1. The molecule has 118 valence electrons. The standard InChI is InChI=1S/C17H26FNO2/c1-4-10-19-15(12-17(21-3)8-5-9-17)14-11-13(18)6-7-16(14)20-2/h6-7,11,15,19H,4-5,8-10,12H2,1-3H3. The molecule has 1 N–H and O–H groups in total. The van der Waals surface area contributed by atoms with E-state index in [0.717, 1.165) is 43.5 Å². The molecule has 1 atom stereocenters. The van der Waals surface area contributed by atoms with Gasteiger partial charge in [-0.2, -0.15) is 0 Å². The van der Waals surface area contributed by atoms with Gasteiger partial charge in [0.05, 0.1) is 12.7 Å². The van der Waals surface area contributed by atoms with E-state index in [-0.39, 0.29) is 17.5 Å². The maximum absolute atomic E-state index is 13.7. The zero-order valence-electron chi connectivity index (χ0n) is 13.2. The van der Waals surface area contributed by atoms with E-state index < -0.39 is 0 Å². The van der Waals surface area contributed by atoms with Crippen molar-refractivity contribution in [3.63, 3.8) is 0 Å². The van der Waals surface area contributed by atoms with Gasteiger partial charge in [0.15, 0.2) is 0 Å². The van der Waals surface area contributed by atoms with Crippen LogP contribution in [0.25, 0.3) is 0 Å². The summed E-state index contributed by atoms with van der Waals surface area (Å²) in [6, 6.07) is 4.77. The fourth-order valence-electron chi connectivity index (χ4n) is 3.02. The summed E-state index contributed by atoms with van der Waals surface area (Å²) in [7, 11) is 3.40. The van der Waals surface area contributed by atoms with Crippen molar-refractivity contribution in [2.75, 3.05) is 20.8 Å². The summed E-state index contributed by atoms with van der Waals surface area (Å²) in [5.74, 6) is 0.504. The van der Waals surface area contributed by atoms with Crippen LogP contribution in [0.5, 0.6) is 5.75 Å². The van der Waals surface area contributed by atoms with Gasteiger partial charge in [-0.15, -0.1) is 0 Å². The molecule has 1 aromatic rings. The number of rotatable bonds is 8. The van der Waals surface area contributed by atoms with Gasteiger partial charge in [0, 0.05) is 18.7 Å². The maximum atomic E-state index is 13.7. The van der Waals surface area contributed by atoms with E-state index in [1.807, 2.05) is 0 Å². The van der Waals surface area contributed by atoms with E-state index in [0.29, 0.717) is 0 Å². The monoisotopic (exact) mass is 295 g/mol. The molecule has 1 unspecified atom stereocenters. The average Bonchev–Trinajstić information content (AvgIpc) is 2.46. The molecule has 3 nitrogen and oxygen atoms in total. The van der Waals surface area contributed by atoms with E-state index in [4.69, 9.17) is 9.47 Å². The van der Waals surface area contributed by atoms with Gasteiger partial charge in [0.25, 0.3) is 0 Å². The molecule has 1 saturated carbocycles. The van der Waals surface area contributed by atoms with Gasteiger partial charge in [-0.25, -0.2) is 4.39 Å². The normalized spacial score (nSPS) is 18.1. The molecule has 4 heteroatoms. The molecule has 1 aliphatic rings. The first-order chi connectivity index (χ1) is 10.1. The molecule has 2 rings (SSSR count). The average molecular weight is 295 g/mol. The Hall–Kier alpha value is -1.13. The van der Waals surface area contributed by atoms with Crippen LogP contribution >= 0.6 is 0 Å². The first kappa shape index (κ1) is 16.2. The Morgan fingerprint density at radius 2 is 2.10 bits per heavy atom. The second kappa shape index (κ2) is 7.23. The third-order valence-electron chi connectivity index (χ3n) is 4.48. The van der Waals surface area contributed by atoms with Crippen LogP contribution < -0.4 is 10.1 Å². The van der Waals surface area contributed by atoms with Crippen molar-refractivity contribution in [2.24, 2.45) is 0 Å². The zero-order chi connectivity index (χ0) is 15.3. The summed E-state index contributed by atoms with van der Waals surface area (Å²) in [6.07, 6.45) is 5.24. The molecule has 0 heterocycles. The number of hydrogen-bond acceptors (Lipinski definition) is 3. The lowest BCUT2D eigenvalue weighted by Gasteiger charge is -2.43. The van der Waals surface area contributed by atoms with Crippen molar-refractivity contribution in [1.82, 2.24) is 5.32 Å². The largest absolute Gasteiger partial charge is 0.496 e. The van der Waals surface area contributed by atoms with Gasteiger partial charge in [-0.05, 0) is 56.8 Å². The minimum atomic E-state index is -0.228. The first-order valence-electron chi connectivity index (χ1n) is 7.76. The molecule has 0 saturated heterocycles. The van der Waals surface area contributed by atoms with Gasteiger partial charge >= 0.3 is 0 Å². The Morgan fingerprint density at radius 1 is 1.33 bits per heavy atom. The summed E-state index contributed by atoms with van der Waals surface area (Å²) in [4.78, 5) is 0. The lowest BCUT2D eigenvalue weighted by molar-refractivity contribution is -0.0839. The van der Waals surface area contributed by atoms with Crippen molar-refractivity contribution >= 4 is 0 Å². The fraction of sp³-hybridized carbons (Fsp3) is 0.647. The summed E-state index contributed by atoms with van der Waals surface area (Å²) in [5, 5.41) is 3.52. The second-order valence-corrected chi connectivity index (χ2v) is 5.84. The van der Waals surface area contributed by atoms with Crippen molar-refractivity contribution in [1.29, 1.82) is 0 Å². The van der Waals surface area contributed by atoms with Gasteiger partial charge in [-0.3, -0.25) is 0 Å². The molecule has 0 radical (unpaired) electrons. The quantitative estimate of drug-likeness (QED) is 0.790. The van der Waals surface area contributed by atoms with Crippen LogP contribution in [0.4, 0.5) is 4.39 Å². The van der Waals surface area contributed by atoms with Crippen molar-refractivity contribution in [3.8, 4) is 5.75 Å². The van der Waals surface area contributed by atoms with E-state index in [2.05, 4.69) is 12.2 Å². The zero-order valence-corrected chi connectivity index (χ0v) is 13.2. The molecule has 0 amide bonds. The summed E-state index contributed by atoms with van der Waals surface area (Å²) < 4.78 is 24.8. The lowest BCUT2D eigenvalue weighted by atomic mass is 9.74. The van der Waals surface area contributed by atoms with Gasteiger partial charge in [0.1, 0.15) is 11.6 Å². The lowest BCUT2D eigenvalue weighted by Crippen LogP contribution is -2.43. The number of benzene rings is 1. The third-order valence-corrected chi connectivity index (χ3v) is 4.48. The number of nitrogens with one attached hydrogen (secondary N) is 1. The van der Waals surface area contributed by atoms with Gasteiger partial charge in [0.2, 0.25) is 0 Å². The molecular weight excluding hydrogens is 269 g/mol. The Morgan fingerprint density at radius 3 is 2.62 bits per heavy atom. The predicted octanol–water partition coefficient (Wildman–Crippen LogP) is 3.83. The number of halogens is 1. The van der Waals surface area contributed by atoms with E-state index in [1.165, 1.54) is 12.5 Å². The minimum absolute atomic E-state index is 0.0517. The number of hydrogen-bond donors (Lipinski definition) is 1. The maximum Gasteiger partial charge on any atom is 0.123 e. The predicted molar refractivity (Wildman–Crippen MR) is 82.2 cm³/mol. The van der Waals surface area contributed by atoms with Crippen LogP contribution in [-0.4, -0.2) is 26.4 Å². The summed E-state index contributed by atoms with van der Waals surface area (Å²) in [5.41, 5.74) is 0.817. The van der Waals surface area contributed by atoms with Crippen molar-refractivity contribution in [2.45, 2.75) is 50.7 Å². The summed E-state index contributed by atoms with van der Waals surface area (Å²) >= 11 is 0. The van der Waals surface area contributed by atoms with E-state index >= 15 is 0 Å². The first-order valence-corrected chi connectivity index (χ1v) is 7.76. The number of ether oxygens (including phenoxy) is 2. The Kier molecular flexibility index (Phi) is 5.59. The Bertz CT molecular complexity index is 455. The van der Waals surface area contributed by atoms with Gasteiger partial charge < -0.3 is 14.8 Å². The van der Waals surface area contributed by atoms with Crippen LogP contribution in [-0.2, 0) is 4.74 Å². The third kappa shape index (κ3) is 3.74. The second-order valence-electron chi connectivity index (χ2n) is 5.84. The van der Waals surface area contributed by atoms with E-state index in [1.54, 1.807) is 26.4 Å². The van der Waals surface area contributed by atoms with Crippen molar-refractivity contribution < 1.29 is 13.9 Å². The fourth-order valence-corrected chi connectivity index (χ4v) is 3.02. The molecule has 1 aliphatic carbocycles. The Labute approximate surface area is 126 Å². The Balaban J connectivity index is 2.24. The van der Waals surface area contributed by atoms with Crippen LogP contribution in [0.1, 0.15) is 50.6 Å². The molecule has 1 aromatic carbocycles. The molecular formula is C17H26FNO2. The molecule has 1 fully saturated rings. The topological polar surface area (TPSA) is 30.5 Å².